The first-order chi connectivity index (χ1) is 8.61. The van der Waals surface area contributed by atoms with Gasteiger partial charge in [0.2, 0.25) is 0 Å². The molecule has 0 radical (unpaired) electrons. The molecule has 0 aromatic carbocycles. The minimum Gasteiger partial charge on any atom is -0.378 e. The van der Waals surface area contributed by atoms with E-state index >= 15 is 0 Å². The molecule has 1 N–H and O–H groups in total. The Morgan fingerprint density at radius 3 is 2.83 bits per heavy atom. The zero-order chi connectivity index (χ0) is 13.1. The molecule has 18 heavy (non-hydrogen) atoms. The topological polar surface area (TPSA) is 39.1 Å². The van der Waals surface area contributed by atoms with Gasteiger partial charge in [0.25, 0.3) is 0 Å². The lowest BCUT2D eigenvalue weighted by molar-refractivity contribution is 0.0961. The van der Waals surface area contributed by atoms with Crippen molar-refractivity contribution in [2.24, 2.45) is 5.92 Å². The molecule has 3 atom stereocenters. The second kappa shape index (κ2) is 5.85. The predicted octanol–water partition coefficient (Wildman–Crippen LogP) is 2.02. The lowest BCUT2D eigenvalue weighted by atomic mass is 9.90. The van der Waals surface area contributed by atoms with E-state index < -0.39 is 0 Å². The Morgan fingerprint density at radius 1 is 1.56 bits per heavy atom. The van der Waals surface area contributed by atoms with E-state index in [9.17, 15) is 0 Å². The van der Waals surface area contributed by atoms with Crippen molar-refractivity contribution in [3.8, 4) is 0 Å². The summed E-state index contributed by atoms with van der Waals surface area (Å²) in [5, 5.41) is 8.06. The Balaban J connectivity index is 2.00. The van der Waals surface area contributed by atoms with E-state index in [0.29, 0.717) is 24.1 Å². The van der Waals surface area contributed by atoms with Crippen LogP contribution in [0.5, 0.6) is 0 Å². The smallest absolute Gasteiger partial charge is 0.0640 e. The van der Waals surface area contributed by atoms with Crippen LogP contribution in [0.3, 0.4) is 0 Å². The third kappa shape index (κ3) is 2.93. The van der Waals surface area contributed by atoms with Crippen molar-refractivity contribution in [2.45, 2.75) is 51.8 Å². The third-order valence-corrected chi connectivity index (χ3v) is 3.94. The van der Waals surface area contributed by atoms with Crippen LogP contribution in [0.4, 0.5) is 0 Å². The number of nitrogens with one attached hydrogen (secondary N) is 1. The van der Waals surface area contributed by atoms with E-state index in [2.05, 4.69) is 43.4 Å². The van der Waals surface area contributed by atoms with Crippen LogP contribution in [0.2, 0.25) is 0 Å². The van der Waals surface area contributed by atoms with Gasteiger partial charge in [-0.25, -0.2) is 0 Å². The molecular formula is C14H25N3O. The summed E-state index contributed by atoms with van der Waals surface area (Å²) in [5.41, 5.74) is 1.17. The molecule has 0 bridgehead atoms. The van der Waals surface area contributed by atoms with Crippen LogP contribution in [0.1, 0.15) is 38.9 Å². The molecule has 4 heteroatoms. The normalized spacial score (nSPS) is 25.8. The van der Waals surface area contributed by atoms with Gasteiger partial charge >= 0.3 is 0 Å². The second-order valence-corrected chi connectivity index (χ2v) is 5.51. The van der Waals surface area contributed by atoms with Gasteiger partial charge in [0.15, 0.2) is 0 Å². The van der Waals surface area contributed by atoms with Crippen molar-refractivity contribution >= 4 is 0 Å². The SMILES string of the molecule is CNC(Cc1ccn(C(C)C)n1)C1CCOC1C. The number of ether oxygens (including phenoxy) is 1. The van der Waals surface area contributed by atoms with E-state index in [0.717, 1.165) is 19.4 Å². The van der Waals surface area contributed by atoms with Gasteiger partial charge < -0.3 is 10.1 Å². The number of rotatable bonds is 5. The highest BCUT2D eigenvalue weighted by Gasteiger charge is 2.31. The number of likely N-dealkylation sites (N-methyl/N-ethyl adjacent to an activating group) is 1. The van der Waals surface area contributed by atoms with Gasteiger partial charge in [-0.05, 0) is 40.3 Å². The van der Waals surface area contributed by atoms with E-state index in [4.69, 9.17) is 4.74 Å². The van der Waals surface area contributed by atoms with Crippen molar-refractivity contribution in [3.63, 3.8) is 0 Å². The molecule has 2 rings (SSSR count). The molecule has 4 nitrogen and oxygen atoms in total. The summed E-state index contributed by atoms with van der Waals surface area (Å²) in [5.74, 6) is 0.596. The van der Waals surface area contributed by atoms with Crippen LogP contribution >= 0.6 is 0 Å². The summed E-state index contributed by atoms with van der Waals surface area (Å²) in [4.78, 5) is 0. The van der Waals surface area contributed by atoms with Crippen LogP contribution in [0.25, 0.3) is 0 Å². The van der Waals surface area contributed by atoms with Gasteiger partial charge in [0.1, 0.15) is 0 Å². The Labute approximate surface area is 110 Å². The fourth-order valence-electron chi connectivity index (χ4n) is 2.74. The predicted molar refractivity (Wildman–Crippen MR) is 72.7 cm³/mol. The minimum atomic E-state index is 0.356. The van der Waals surface area contributed by atoms with Crippen LogP contribution in [-0.4, -0.2) is 35.6 Å². The maximum atomic E-state index is 5.66. The van der Waals surface area contributed by atoms with Crippen molar-refractivity contribution in [2.75, 3.05) is 13.7 Å². The van der Waals surface area contributed by atoms with Gasteiger partial charge in [-0.2, -0.15) is 5.10 Å². The highest BCUT2D eigenvalue weighted by molar-refractivity contribution is 5.03. The quantitative estimate of drug-likeness (QED) is 0.870. The first kappa shape index (κ1) is 13.6. The molecule has 1 aliphatic heterocycles. The highest BCUT2D eigenvalue weighted by Crippen LogP contribution is 2.25. The Kier molecular flexibility index (Phi) is 4.40. The van der Waals surface area contributed by atoms with Gasteiger partial charge in [-0.15, -0.1) is 0 Å². The molecule has 3 unspecified atom stereocenters. The maximum absolute atomic E-state index is 5.66. The monoisotopic (exact) mass is 251 g/mol. The molecule has 1 aromatic heterocycles. The van der Waals surface area contributed by atoms with E-state index in [-0.39, 0.29) is 0 Å². The molecule has 1 aromatic rings. The second-order valence-electron chi connectivity index (χ2n) is 5.51. The Morgan fingerprint density at radius 2 is 2.33 bits per heavy atom. The third-order valence-electron chi connectivity index (χ3n) is 3.94. The highest BCUT2D eigenvalue weighted by atomic mass is 16.5. The van der Waals surface area contributed by atoms with Crippen LogP contribution in [0.15, 0.2) is 12.3 Å². The van der Waals surface area contributed by atoms with Crippen LogP contribution < -0.4 is 5.32 Å². The van der Waals surface area contributed by atoms with Gasteiger partial charge in [0.05, 0.1) is 11.8 Å². The zero-order valence-corrected chi connectivity index (χ0v) is 11.9. The molecule has 0 aliphatic carbocycles. The summed E-state index contributed by atoms with van der Waals surface area (Å²) in [6.07, 6.45) is 4.56. The number of aromatic nitrogens is 2. The minimum absolute atomic E-state index is 0.356. The fraction of sp³-hybridized carbons (Fsp3) is 0.786. The van der Waals surface area contributed by atoms with Crippen LogP contribution in [-0.2, 0) is 11.2 Å². The van der Waals surface area contributed by atoms with Crippen molar-refractivity contribution in [1.82, 2.24) is 15.1 Å². The molecule has 1 fully saturated rings. The standard InChI is InChI=1S/C14H25N3O/c1-10(2)17-7-5-12(16-17)9-14(15-4)13-6-8-18-11(13)3/h5,7,10-11,13-15H,6,8-9H2,1-4H3. The molecule has 1 saturated heterocycles. The number of hydrogen-bond donors (Lipinski definition) is 1. The summed E-state index contributed by atoms with van der Waals surface area (Å²) >= 11 is 0. The first-order valence-electron chi connectivity index (χ1n) is 6.94. The summed E-state index contributed by atoms with van der Waals surface area (Å²) in [7, 11) is 2.04. The van der Waals surface area contributed by atoms with Gasteiger partial charge in [-0.3, -0.25) is 4.68 Å². The lowest BCUT2D eigenvalue weighted by Crippen LogP contribution is -2.38. The Bertz CT molecular complexity index is 375. The summed E-state index contributed by atoms with van der Waals surface area (Å²) in [6, 6.07) is 3.02. The average Bonchev–Trinajstić information content (AvgIpc) is 2.95. The largest absolute Gasteiger partial charge is 0.378 e. The van der Waals surface area contributed by atoms with Gasteiger partial charge in [0, 0.05) is 37.2 Å². The van der Waals surface area contributed by atoms with E-state index in [1.807, 2.05) is 11.7 Å². The molecule has 1 aliphatic rings. The number of hydrogen-bond acceptors (Lipinski definition) is 3. The maximum Gasteiger partial charge on any atom is 0.0640 e. The molecule has 0 spiro atoms. The summed E-state index contributed by atoms with van der Waals surface area (Å²) in [6.45, 7) is 7.37. The van der Waals surface area contributed by atoms with Crippen molar-refractivity contribution in [1.29, 1.82) is 0 Å². The number of nitrogens with zero attached hydrogens (tertiary/aromatic N) is 2. The van der Waals surface area contributed by atoms with Gasteiger partial charge in [-0.1, -0.05) is 0 Å². The Hall–Kier alpha value is -0.870. The lowest BCUT2D eigenvalue weighted by Gasteiger charge is -2.24. The van der Waals surface area contributed by atoms with Crippen molar-refractivity contribution in [3.05, 3.63) is 18.0 Å². The first-order valence-corrected chi connectivity index (χ1v) is 6.94. The zero-order valence-electron chi connectivity index (χ0n) is 11.9. The summed E-state index contributed by atoms with van der Waals surface area (Å²) < 4.78 is 7.69. The van der Waals surface area contributed by atoms with E-state index in [1.165, 1.54) is 5.69 Å². The molecule has 0 amide bonds. The fourth-order valence-corrected chi connectivity index (χ4v) is 2.74. The molecular weight excluding hydrogens is 226 g/mol. The average molecular weight is 251 g/mol. The molecule has 102 valence electrons. The molecule has 0 saturated carbocycles. The van der Waals surface area contributed by atoms with Crippen molar-refractivity contribution < 1.29 is 4.74 Å². The van der Waals surface area contributed by atoms with E-state index in [1.54, 1.807) is 0 Å². The van der Waals surface area contributed by atoms with Crippen LogP contribution in [0, 0.1) is 5.92 Å². The molecule has 2 heterocycles.